The van der Waals surface area contributed by atoms with Crippen molar-refractivity contribution in [3.05, 3.63) is 0 Å². The monoisotopic (exact) mass is 248 g/mol. The van der Waals surface area contributed by atoms with Crippen LogP contribution in [-0.2, 0) is 4.79 Å². The molecule has 0 rings (SSSR count). The Balaban J connectivity index is 4.15. The van der Waals surface area contributed by atoms with E-state index in [4.69, 9.17) is 15.3 Å². The summed E-state index contributed by atoms with van der Waals surface area (Å²) < 4.78 is 0. The first kappa shape index (κ1) is 15.7. The zero-order chi connectivity index (χ0) is 13.4. The summed E-state index contributed by atoms with van der Waals surface area (Å²) in [6.45, 7) is 1.63. The van der Waals surface area contributed by atoms with Gasteiger partial charge in [0.15, 0.2) is 0 Å². The average molecular weight is 248 g/mol. The van der Waals surface area contributed by atoms with Gasteiger partial charge in [-0.3, -0.25) is 0 Å². The maximum atomic E-state index is 11.5. The molecule has 1 unspecified atom stereocenters. The lowest BCUT2D eigenvalue weighted by molar-refractivity contribution is -0.139. The summed E-state index contributed by atoms with van der Waals surface area (Å²) in [5.74, 6) is -1.18. The highest BCUT2D eigenvalue weighted by molar-refractivity contribution is 5.82. The Morgan fingerprint density at radius 1 is 1.35 bits per heavy atom. The van der Waals surface area contributed by atoms with Crippen molar-refractivity contribution in [2.24, 2.45) is 0 Å². The molecule has 0 spiro atoms. The summed E-state index contributed by atoms with van der Waals surface area (Å²) in [6, 6.07) is -1.63. The van der Waals surface area contributed by atoms with Gasteiger partial charge >= 0.3 is 12.0 Å². The molecule has 7 heteroatoms. The number of carbonyl (C=O) groups is 2. The largest absolute Gasteiger partial charge is 0.480 e. The number of aliphatic hydroxyl groups excluding tert-OH is 2. The zero-order valence-electron chi connectivity index (χ0n) is 10.1. The quantitative estimate of drug-likeness (QED) is 0.473. The Bertz CT molecular complexity index is 257. The van der Waals surface area contributed by atoms with Crippen LogP contribution < -0.4 is 5.32 Å². The molecule has 17 heavy (non-hydrogen) atoms. The maximum Gasteiger partial charge on any atom is 0.326 e. The lowest BCUT2D eigenvalue weighted by Crippen LogP contribution is -2.47. The van der Waals surface area contributed by atoms with Crippen LogP contribution in [0.25, 0.3) is 0 Å². The maximum absolute atomic E-state index is 11.5. The SMILES string of the molecule is CC(O)CCN(C)C(=O)N[C@@H](CCO)C(=O)O. The minimum Gasteiger partial charge on any atom is -0.480 e. The number of amides is 2. The Morgan fingerprint density at radius 3 is 2.35 bits per heavy atom. The van der Waals surface area contributed by atoms with Gasteiger partial charge in [0.1, 0.15) is 6.04 Å². The summed E-state index contributed by atoms with van der Waals surface area (Å²) in [4.78, 5) is 23.6. The second-order valence-corrected chi connectivity index (χ2v) is 3.91. The molecule has 0 aliphatic rings. The first-order chi connectivity index (χ1) is 7.88. The number of hydrogen-bond donors (Lipinski definition) is 4. The molecule has 0 fully saturated rings. The Morgan fingerprint density at radius 2 is 1.94 bits per heavy atom. The van der Waals surface area contributed by atoms with Crippen molar-refractivity contribution in [3.63, 3.8) is 0 Å². The van der Waals surface area contributed by atoms with E-state index in [0.717, 1.165) is 0 Å². The van der Waals surface area contributed by atoms with Gasteiger partial charge in [-0.15, -0.1) is 0 Å². The number of nitrogens with one attached hydrogen (secondary N) is 1. The van der Waals surface area contributed by atoms with Crippen LogP contribution >= 0.6 is 0 Å². The molecule has 0 aliphatic carbocycles. The summed E-state index contributed by atoms with van der Waals surface area (Å²) in [5, 5.41) is 28.8. The van der Waals surface area contributed by atoms with Crippen molar-refractivity contribution in [3.8, 4) is 0 Å². The summed E-state index contributed by atoms with van der Waals surface area (Å²) >= 11 is 0. The van der Waals surface area contributed by atoms with Gasteiger partial charge in [-0.25, -0.2) is 9.59 Å². The van der Waals surface area contributed by atoms with E-state index in [1.54, 1.807) is 6.92 Å². The average Bonchev–Trinajstić information content (AvgIpc) is 2.24. The fourth-order valence-electron chi connectivity index (χ4n) is 1.13. The van der Waals surface area contributed by atoms with Crippen molar-refractivity contribution in [1.82, 2.24) is 10.2 Å². The Kier molecular flexibility index (Phi) is 7.24. The second kappa shape index (κ2) is 7.86. The number of carboxylic acids is 1. The number of hydrogen-bond acceptors (Lipinski definition) is 4. The third kappa shape index (κ3) is 6.75. The molecule has 0 heterocycles. The first-order valence-electron chi connectivity index (χ1n) is 5.41. The molecule has 2 amide bonds. The number of carbonyl (C=O) groups excluding carboxylic acids is 1. The molecule has 0 aromatic rings. The molecule has 0 radical (unpaired) electrons. The minimum atomic E-state index is -1.18. The van der Waals surface area contributed by atoms with Gasteiger partial charge < -0.3 is 25.5 Å². The van der Waals surface area contributed by atoms with Crippen LogP contribution in [0.15, 0.2) is 0 Å². The highest BCUT2D eigenvalue weighted by atomic mass is 16.4. The zero-order valence-corrected chi connectivity index (χ0v) is 10.1. The summed E-state index contributed by atoms with van der Waals surface area (Å²) in [5.41, 5.74) is 0. The predicted molar refractivity (Wildman–Crippen MR) is 60.6 cm³/mol. The molecule has 4 N–H and O–H groups in total. The number of carboxylic acid groups (broad SMARTS) is 1. The molecule has 7 nitrogen and oxygen atoms in total. The smallest absolute Gasteiger partial charge is 0.326 e. The van der Waals surface area contributed by atoms with Crippen LogP contribution in [0.5, 0.6) is 0 Å². The van der Waals surface area contributed by atoms with Gasteiger partial charge in [-0.1, -0.05) is 0 Å². The van der Waals surface area contributed by atoms with Gasteiger partial charge in [0.25, 0.3) is 0 Å². The Hall–Kier alpha value is -1.34. The fourth-order valence-corrected chi connectivity index (χ4v) is 1.13. The lowest BCUT2D eigenvalue weighted by Gasteiger charge is -2.21. The third-order valence-electron chi connectivity index (χ3n) is 2.24. The van der Waals surface area contributed by atoms with Crippen molar-refractivity contribution in [2.45, 2.75) is 31.9 Å². The van der Waals surface area contributed by atoms with E-state index in [2.05, 4.69) is 5.32 Å². The van der Waals surface area contributed by atoms with Gasteiger partial charge in [-0.2, -0.15) is 0 Å². The molecule has 0 saturated heterocycles. The molecule has 0 aliphatic heterocycles. The van der Waals surface area contributed by atoms with Crippen LogP contribution in [0.1, 0.15) is 19.8 Å². The van der Waals surface area contributed by atoms with Gasteiger partial charge in [0, 0.05) is 26.6 Å². The number of nitrogens with zero attached hydrogens (tertiary/aromatic N) is 1. The lowest BCUT2D eigenvalue weighted by atomic mass is 10.2. The molecule has 0 aromatic carbocycles. The molecule has 0 aromatic heterocycles. The van der Waals surface area contributed by atoms with E-state index in [1.807, 2.05) is 0 Å². The van der Waals surface area contributed by atoms with Crippen LogP contribution in [0.4, 0.5) is 4.79 Å². The topological polar surface area (TPSA) is 110 Å². The number of aliphatic carboxylic acids is 1. The van der Waals surface area contributed by atoms with E-state index in [1.165, 1.54) is 11.9 Å². The van der Waals surface area contributed by atoms with Crippen LogP contribution in [0.3, 0.4) is 0 Å². The van der Waals surface area contributed by atoms with Gasteiger partial charge in [-0.05, 0) is 13.3 Å². The summed E-state index contributed by atoms with van der Waals surface area (Å²) in [6.07, 6.45) is -0.134. The second-order valence-electron chi connectivity index (χ2n) is 3.91. The minimum absolute atomic E-state index is 0.0364. The Labute approximate surface area is 100 Å². The van der Waals surface area contributed by atoms with E-state index < -0.39 is 24.1 Å². The normalized spacial score (nSPS) is 13.9. The van der Waals surface area contributed by atoms with Gasteiger partial charge in [0.2, 0.25) is 0 Å². The molecule has 0 saturated carbocycles. The van der Waals surface area contributed by atoms with Crippen LogP contribution in [0, 0.1) is 0 Å². The highest BCUT2D eigenvalue weighted by Crippen LogP contribution is 1.97. The molecule has 2 atom stereocenters. The van der Waals surface area contributed by atoms with Crippen molar-refractivity contribution in [1.29, 1.82) is 0 Å². The van der Waals surface area contributed by atoms with Crippen molar-refractivity contribution >= 4 is 12.0 Å². The van der Waals surface area contributed by atoms with E-state index in [0.29, 0.717) is 13.0 Å². The highest BCUT2D eigenvalue weighted by Gasteiger charge is 2.20. The molecule has 0 bridgehead atoms. The predicted octanol–water partition coefficient (Wildman–Crippen LogP) is -0.766. The van der Waals surface area contributed by atoms with E-state index >= 15 is 0 Å². The van der Waals surface area contributed by atoms with Crippen LogP contribution in [-0.4, -0.2) is 64.6 Å². The molecular weight excluding hydrogens is 228 g/mol. The van der Waals surface area contributed by atoms with Crippen molar-refractivity contribution in [2.75, 3.05) is 20.2 Å². The number of aliphatic hydroxyl groups is 2. The number of urea groups is 1. The van der Waals surface area contributed by atoms with E-state index in [-0.39, 0.29) is 13.0 Å². The first-order valence-corrected chi connectivity index (χ1v) is 5.41. The summed E-state index contributed by atoms with van der Waals surface area (Å²) in [7, 11) is 1.51. The molecule has 100 valence electrons. The van der Waals surface area contributed by atoms with Crippen molar-refractivity contribution < 1.29 is 24.9 Å². The van der Waals surface area contributed by atoms with Crippen LogP contribution in [0.2, 0.25) is 0 Å². The fraction of sp³-hybridized carbons (Fsp3) is 0.800. The van der Waals surface area contributed by atoms with E-state index in [9.17, 15) is 9.59 Å². The third-order valence-corrected chi connectivity index (χ3v) is 2.24. The number of rotatable bonds is 7. The standard InChI is InChI=1S/C10H20N2O5/c1-7(14)3-5-12(2)10(17)11-8(4-6-13)9(15)16/h7-8,13-14H,3-6H2,1-2H3,(H,11,17)(H,15,16)/t7?,8-/m0/s1. The molecular formula is C10H20N2O5. The van der Waals surface area contributed by atoms with Gasteiger partial charge in [0.05, 0.1) is 6.10 Å².